The van der Waals surface area contributed by atoms with Gasteiger partial charge in [0, 0.05) is 23.8 Å². The van der Waals surface area contributed by atoms with Gasteiger partial charge in [-0.15, -0.1) is 0 Å². The molecule has 1 unspecified atom stereocenters. The fourth-order valence-electron chi connectivity index (χ4n) is 2.31. The summed E-state index contributed by atoms with van der Waals surface area (Å²) < 4.78 is 40.1. The van der Waals surface area contributed by atoms with Gasteiger partial charge in [-0.3, -0.25) is 0 Å². The molecule has 1 aliphatic rings. The third-order valence-electron chi connectivity index (χ3n) is 3.26. The van der Waals surface area contributed by atoms with E-state index < -0.39 is 17.8 Å². The summed E-state index contributed by atoms with van der Waals surface area (Å²) in [6.45, 7) is 1.61. The van der Waals surface area contributed by atoms with Crippen LogP contribution in [0.5, 0.6) is 0 Å². The van der Waals surface area contributed by atoms with E-state index in [1.54, 1.807) is 19.1 Å². The Balaban J connectivity index is 2.56. The van der Waals surface area contributed by atoms with Crippen LogP contribution in [0.2, 0.25) is 0 Å². The molecule has 2 rings (SSSR count). The van der Waals surface area contributed by atoms with Gasteiger partial charge in [-0.1, -0.05) is 40.7 Å². The van der Waals surface area contributed by atoms with Crippen LogP contribution < -0.4 is 0 Å². The first-order chi connectivity index (χ1) is 11.5. The summed E-state index contributed by atoms with van der Waals surface area (Å²) in [7, 11) is 1.37. The highest BCUT2D eigenvalue weighted by Gasteiger charge is 2.37. The topological polar surface area (TPSA) is 43.2 Å². The monoisotopic (exact) mass is 337 g/mol. The zero-order valence-corrected chi connectivity index (χ0v) is 13.2. The SMILES string of the molecule is CC=NOC(C1=[C]C=CCC1=NOC)c1ccccc1C(F)(F)F. The van der Waals surface area contributed by atoms with Gasteiger partial charge in [0.25, 0.3) is 0 Å². The number of halogens is 3. The van der Waals surface area contributed by atoms with Gasteiger partial charge in [-0.25, -0.2) is 0 Å². The zero-order chi connectivity index (χ0) is 17.6. The molecule has 1 atom stereocenters. The maximum Gasteiger partial charge on any atom is 0.416 e. The molecule has 0 saturated heterocycles. The van der Waals surface area contributed by atoms with Gasteiger partial charge in [0.15, 0.2) is 6.10 Å². The van der Waals surface area contributed by atoms with Crippen LogP contribution in [-0.2, 0) is 15.9 Å². The van der Waals surface area contributed by atoms with Crippen LogP contribution in [0.25, 0.3) is 0 Å². The highest BCUT2D eigenvalue weighted by atomic mass is 19.4. The van der Waals surface area contributed by atoms with Crippen molar-refractivity contribution in [3.8, 4) is 0 Å². The van der Waals surface area contributed by atoms with E-state index in [1.165, 1.54) is 31.5 Å². The number of rotatable bonds is 5. The van der Waals surface area contributed by atoms with Crippen LogP contribution in [0.15, 0.2) is 52.3 Å². The van der Waals surface area contributed by atoms with Crippen molar-refractivity contribution in [2.45, 2.75) is 25.6 Å². The minimum atomic E-state index is -4.52. The lowest BCUT2D eigenvalue weighted by Crippen LogP contribution is -2.19. The van der Waals surface area contributed by atoms with Gasteiger partial charge in [0.2, 0.25) is 0 Å². The number of benzene rings is 1. The lowest BCUT2D eigenvalue weighted by Gasteiger charge is -2.23. The Morgan fingerprint density at radius 2 is 2.04 bits per heavy atom. The Morgan fingerprint density at radius 1 is 1.29 bits per heavy atom. The lowest BCUT2D eigenvalue weighted by atomic mass is 9.90. The molecule has 0 N–H and O–H groups in total. The highest BCUT2D eigenvalue weighted by molar-refractivity contribution is 6.02. The van der Waals surface area contributed by atoms with Crippen LogP contribution in [0.4, 0.5) is 13.2 Å². The Morgan fingerprint density at radius 3 is 2.71 bits per heavy atom. The number of alkyl halides is 3. The van der Waals surface area contributed by atoms with Crippen LogP contribution in [-0.4, -0.2) is 19.0 Å². The van der Waals surface area contributed by atoms with Crippen LogP contribution in [0, 0.1) is 6.08 Å². The number of hydrogen-bond donors (Lipinski definition) is 0. The summed E-state index contributed by atoms with van der Waals surface area (Å²) in [5.74, 6) is 0. The van der Waals surface area contributed by atoms with Crippen LogP contribution >= 0.6 is 0 Å². The van der Waals surface area contributed by atoms with Gasteiger partial charge in [0.05, 0.1) is 11.3 Å². The maximum absolute atomic E-state index is 13.4. The quantitative estimate of drug-likeness (QED) is 0.588. The second-order valence-electron chi connectivity index (χ2n) is 4.82. The smallest absolute Gasteiger partial charge is 0.399 e. The third kappa shape index (κ3) is 4.04. The number of hydrogen-bond acceptors (Lipinski definition) is 4. The predicted octanol–water partition coefficient (Wildman–Crippen LogP) is 4.46. The van der Waals surface area contributed by atoms with Crippen molar-refractivity contribution in [3.63, 3.8) is 0 Å². The largest absolute Gasteiger partial charge is 0.416 e. The van der Waals surface area contributed by atoms with E-state index in [2.05, 4.69) is 16.4 Å². The maximum atomic E-state index is 13.4. The van der Waals surface area contributed by atoms with Gasteiger partial charge >= 0.3 is 6.18 Å². The fourth-order valence-corrected chi connectivity index (χ4v) is 2.31. The molecule has 0 heterocycles. The highest BCUT2D eigenvalue weighted by Crippen LogP contribution is 2.39. The number of oxime groups is 2. The molecule has 7 heteroatoms. The fraction of sp³-hybridized carbons (Fsp3) is 0.294. The van der Waals surface area contributed by atoms with E-state index >= 15 is 0 Å². The molecule has 24 heavy (non-hydrogen) atoms. The van der Waals surface area contributed by atoms with E-state index in [-0.39, 0.29) is 5.56 Å². The first kappa shape index (κ1) is 17.8. The van der Waals surface area contributed by atoms with E-state index in [1.807, 2.05) is 0 Å². The molecule has 1 aromatic rings. The summed E-state index contributed by atoms with van der Waals surface area (Å²) in [5, 5.41) is 7.53. The summed E-state index contributed by atoms with van der Waals surface area (Å²) in [5.41, 5.74) is -0.0611. The second-order valence-corrected chi connectivity index (χ2v) is 4.82. The number of nitrogens with zero attached hydrogens (tertiary/aromatic N) is 2. The Kier molecular flexibility index (Phi) is 5.78. The summed E-state index contributed by atoms with van der Waals surface area (Å²) in [4.78, 5) is 10.1. The molecule has 1 aromatic carbocycles. The summed E-state index contributed by atoms with van der Waals surface area (Å²) >= 11 is 0. The second kappa shape index (κ2) is 7.81. The average Bonchev–Trinajstić information content (AvgIpc) is 2.56. The van der Waals surface area contributed by atoms with Crippen molar-refractivity contribution < 1.29 is 22.8 Å². The molecule has 0 saturated carbocycles. The van der Waals surface area contributed by atoms with Crippen LogP contribution in [0.1, 0.15) is 30.6 Å². The molecule has 4 nitrogen and oxygen atoms in total. The van der Waals surface area contributed by atoms with Gasteiger partial charge in [0.1, 0.15) is 7.11 Å². The average molecular weight is 337 g/mol. The molecule has 0 fully saturated rings. The van der Waals surface area contributed by atoms with Crippen molar-refractivity contribution in [3.05, 3.63) is 59.2 Å². The van der Waals surface area contributed by atoms with Crippen molar-refractivity contribution in [1.29, 1.82) is 0 Å². The molecule has 0 aromatic heterocycles. The van der Waals surface area contributed by atoms with E-state index in [4.69, 9.17) is 9.68 Å². The minimum Gasteiger partial charge on any atom is -0.399 e. The van der Waals surface area contributed by atoms with E-state index in [9.17, 15) is 13.2 Å². The molecule has 127 valence electrons. The molecule has 0 aliphatic heterocycles. The molecular formula is C17H16F3N2O2. The number of allylic oxidation sites excluding steroid dienone is 3. The predicted molar refractivity (Wildman–Crippen MR) is 84.4 cm³/mol. The molecule has 1 aliphatic carbocycles. The van der Waals surface area contributed by atoms with Crippen molar-refractivity contribution in [1.82, 2.24) is 0 Å². The Bertz CT molecular complexity index is 691. The summed E-state index contributed by atoms with van der Waals surface area (Å²) in [6.07, 6.45) is 2.44. The summed E-state index contributed by atoms with van der Waals surface area (Å²) in [6, 6.07) is 5.21. The first-order valence-electron chi connectivity index (χ1n) is 7.17. The Hall–Kier alpha value is -2.57. The molecule has 0 bridgehead atoms. The molecule has 1 radical (unpaired) electrons. The third-order valence-corrected chi connectivity index (χ3v) is 3.26. The van der Waals surface area contributed by atoms with Gasteiger partial charge in [-0.05, 0) is 19.1 Å². The lowest BCUT2D eigenvalue weighted by molar-refractivity contribution is -0.139. The van der Waals surface area contributed by atoms with Crippen molar-refractivity contribution in [2.24, 2.45) is 10.3 Å². The van der Waals surface area contributed by atoms with Gasteiger partial charge < -0.3 is 9.68 Å². The molecule has 0 spiro atoms. The normalized spacial score (nSPS) is 17.9. The molecule has 0 amide bonds. The van der Waals surface area contributed by atoms with Crippen molar-refractivity contribution >= 4 is 11.9 Å². The molecular weight excluding hydrogens is 321 g/mol. The minimum absolute atomic E-state index is 0.0581. The van der Waals surface area contributed by atoms with Gasteiger partial charge in [-0.2, -0.15) is 13.2 Å². The zero-order valence-electron chi connectivity index (χ0n) is 13.2. The standard InChI is InChI=1S/C17H16F3N2O2/c1-3-21-24-16(13-9-5-7-11-15(13)22-23-2)12-8-4-6-10-14(12)17(18,19)20/h3-8,10,16H,11H2,1-2H3. The van der Waals surface area contributed by atoms with Crippen LogP contribution in [0.3, 0.4) is 0 Å². The van der Waals surface area contributed by atoms with E-state index in [0.717, 1.165) is 6.07 Å². The van der Waals surface area contributed by atoms with Crippen molar-refractivity contribution in [2.75, 3.05) is 7.11 Å². The van der Waals surface area contributed by atoms with E-state index in [0.29, 0.717) is 17.7 Å². The first-order valence-corrected chi connectivity index (χ1v) is 7.17. The Labute approximate surface area is 137 Å².